The van der Waals surface area contributed by atoms with E-state index in [9.17, 15) is 27.6 Å². The van der Waals surface area contributed by atoms with E-state index in [0.717, 1.165) is 6.07 Å². The molecule has 3 amide bonds. The van der Waals surface area contributed by atoms with Crippen LogP contribution in [0.2, 0.25) is 0 Å². The van der Waals surface area contributed by atoms with Crippen LogP contribution >= 0.6 is 0 Å². The van der Waals surface area contributed by atoms with Gasteiger partial charge in [-0.25, -0.2) is 14.6 Å². The highest BCUT2D eigenvalue weighted by Crippen LogP contribution is 2.32. The number of urea groups is 1. The second-order valence-corrected chi connectivity index (χ2v) is 6.31. The standard InChI is InChI=1S/C18H14F3N5O4/c1-8-13-5-10(7-22-14(13)26(2)25-8)15(27)24-17(30)23-12-4-9(16(28)29)3-11(6-12)18(19,20)21/h3-7H,1-2H3,(H,28,29)(H2,23,24,27,30). The Morgan fingerprint density at radius 2 is 1.80 bits per heavy atom. The van der Waals surface area contributed by atoms with E-state index in [1.54, 1.807) is 14.0 Å². The molecule has 0 unspecified atom stereocenters. The summed E-state index contributed by atoms with van der Waals surface area (Å²) in [5, 5.41) is 17.7. The second-order valence-electron chi connectivity index (χ2n) is 6.31. The van der Waals surface area contributed by atoms with Crippen LogP contribution < -0.4 is 10.6 Å². The Labute approximate surface area is 166 Å². The number of carboxylic acids is 1. The third-order valence-electron chi connectivity index (χ3n) is 4.12. The molecule has 9 nitrogen and oxygen atoms in total. The summed E-state index contributed by atoms with van der Waals surface area (Å²) in [5.41, 5.74) is -1.20. The van der Waals surface area contributed by atoms with Crippen LogP contribution in [0, 0.1) is 6.92 Å². The van der Waals surface area contributed by atoms with Crippen LogP contribution in [0.5, 0.6) is 0 Å². The molecule has 156 valence electrons. The summed E-state index contributed by atoms with van der Waals surface area (Å²) < 4.78 is 40.4. The van der Waals surface area contributed by atoms with Crippen molar-refractivity contribution < 1.29 is 32.7 Å². The SMILES string of the molecule is Cc1nn(C)c2ncc(C(=O)NC(=O)Nc3cc(C(=O)O)cc(C(F)(F)F)c3)cc12. The van der Waals surface area contributed by atoms with Crippen LogP contribution in [0.3, 0.4) is 0 Å². The number of alkyl halides is 3. The molecule has 30 heavy (non-hydrogen) atoms. The number of imide groups is 1. The lowest BCUT2D eigenvalue weighted by atomic mass is 10.1. The van der Waals surface area contributed by atoms with Crippen LogP contribution in [0.1, 0.15) is 32.0 Å². The van der Waals surface area contributed by atoms with E-state index in [1.165, 1.54) is 16.9 Å². The van der Waals surface area contributed by atoms with E-state index >= 15 is 0 Å². The number of rotatable bonds is 3. The van der Waals surface area contributed by atoms with Gasteiger partial charge in [0.25, 0.3) is 5.91 Å². The minimum Gasteiger partial charge on any atom is -0.478 e. The van der Waals surface area contributed by atoms with Crippen molar-refractivity contribution in [2.24, 2.45) is 7.05 Å². The lowest BCUT2D eigenvalue weighted by Crippen LogP contribution is -2.34. The molecule has 2 heterocycles. The number of benzene rings is 1. The zero-order valence-electron chi connectivity index (χ0n) is 15.5. The van der Waals surface area contributed by atoms with Gasteiger partial charge in [-0.2, -0.15) is 18.3 Å². The molecule has 0 radical (unpaired) electrons. The molecule has 0 saturated heterocycles. The highest BCUT2D eigenvalue weighted by atomic mass is 19.4. The number of aryl methyl sites for hydroxylation is 2. The first-order chi connectivity index (χ1) is 14.0. The fraction of sp³-hybridized carbons (Fsp3) is 0.167. The number of pyridine rings is 1. The molecule has 3 N–H and O–H groups in total. The van der Waals surface area contributed by atoms with Crippen molar-refractivity contribution in [2.45, 2.75) is 13.1 Å². The average molecular weight is 421 g/mol. The monoisotopic (exact) mass is 421 g/mol. The van der Waals surface area contributed by atoms with Crippen molar-refractivity contribution in [1.82, 2.24) is 20.1 Å². The first kappa shape index (κ1) is 20.8. The van der Waals surface area contributed by atoms with Gasteiger partial charge in [0, 0.05) is 24.3 Å². The molecule has 2 aromatic heterocycles. The van der Waals surface area contributed by atoms with Crippen molar-refractivity contribution in [2.75, 3.05) is 5.32 Å². The summed E-state index contributed by atoms with van der Waals surface area (Å²) in [7, 11) is 1.68. The molecule has 0 spiro atoms. The van der Waals surface area contributed by atoms with Crippen LogP contribution in [0.4, 0.5) is 23.7 Å². The number of hydrogen-bond acceptors (Lipinski definition) is 5. The van der Waals surface area contributed by atoms with Crippen LogP contribution in [0.15, 0.2) is 30.5 Å². The molecule has 1 aromatic carbocycles. The molecule has 0 aliphatic heterocycles. The molecule has 0 aliphatic rings. The normalized spacial score (nSPS) is 11.4. The zero-order valence-corrected chi connectivity index (χ0v) is 15.5. The average Bonchev–Trinajstić information content (AvgIpc) is 2.94. The maximum absolute atomic E-state index is 13.0. The summed E-state index contributed by atoms with van der Waals surface area (Å²) >= 11 is 0. The number of halogens is 3. The maximum Gasteiger partial charge on any atom is 0.416 e. The summed E-state index contributed by atoms with van der Waals surface area (Å²) in [4.78, 5) is 39.5. The molecule has 3 rings (SSSR count). The lowest BCUT2D eigenvalue weighted by molar-refractivity contribution is -0.137. The first-order valence-corrected chi connectivity index (χ1v) is 8.33. The molecular formula is C18H14F3N5O4. The number of amides is 3. The lowest BCUT2D eigenvalue weighted by Gasteiger charge is -2.12. The second kappa shape index (κ2) is 7.46. The number of carbonyl (C=O) groups excluding carboxylic acids is 2. The third kappa shape index (κ3) is 4.21. The minimum atomic E-state index is -4.82. The van der Waals surface area contributed by atoms with Gasteiger partial charge in [-0.05, 0) is 31.2 Å². The van der Waals surface area contributed by atoms with E-state index in [-0.39, 0.29) is 5.56 Å². The van der Waals surface area contributed by atoms with E-state index < -0.39 is 40.9 Å². The number of nitrogens with zero attached hydrogens (tertiary/aromatic N) is 3. The quantitative estimate of drug-likeness (QED) is 0.597. The summed E-state index contributed by atoms with van der Waals surface area (Å²) in [6, 6.07) is 2.17. The number of fused-ring (bicyclic) bond motifs is 1. The predicted octanol–water partition coefficient (Wildman–Crippen LogP) is 2.96. The fourth-order valence-electron chi connectivity index (χ4n) is 2.76. The summed E-state index contributed by atoms with van der Waals surface area (Å²) in [6.07, 6.45) is -3.60. The Morgan fingerprint density at radius 1 is 1.10 bits per heavy atom. The minimum absolute atomic E-state index is 0.0315. The number of hydrogen-bond donors (Lipinski definition) is 3. The van der Waals surface area contributed by atoms with Gasteiger partial charge in [-0.3, -0.25) is 14.8 Å². The smallest absolute Gasteiger partial charge is 0.416 e. The van der Waals surface area contributed by atoms with Crippen molar-refractivity contribution >= 4 is 34.6 Å². The number of carboxylic acid groups (broad SMARTS) is 1. The predicted molar refractivity (Wildman–Crippen MR) is 98.1 cm³/mol. The fourth-order valence-corrected chi connectivity index (χ4v) is 2.76. The number of aromatic carboxylic acids is 1. The third-order valence-corrected chi connectivity index (χ3v) is 4.12. The Kier molecular flexibility index (Phi) is 5.16. The molecule has 0 atom stereocenters. The van der Waals surface area contributed by atoms with Gasteiger partial charge in [-0.1, -0.05) is 0 Å². The topological polar surface area (TPSA) is 126 Å². The van der Waals surface area contributed by atoms with Gasteiger partial charge in [0.1, 0.15) is 0 Å². The first-order valence-electron chi connectivity index (χ1n) is 8.33. The van der Waals surface area contributed by atoms with E-state index in [4.69, 9.17) is 5.11 Å². The molecule has 0 saturated carbocycles. The van der Waals surface area contributed by atoms with Crippen LogP contribution in [-0.2, 0) is 13.2 Å². The van der Waals surface area contributed by atoms with Gasteiger partial charge >= 0.3 is 18.2 Å². The van der Waals surface area contributed by atoms with Gasteiger partial charge in [0.2, 0.25) is 0 Å². The Morgan fingerprint density at radius 3 is 2.43 bits per heavy atom. The molecule has 0 bridgehead atoms. The zero-order chi connectivity index (χ0) is 22.2. The Hall–Kier alpha value is -3.96. The highest BCUT2D eigenvalue weighted by Gasteiger charge is 2.32. The molecule has 12 heteroatoms. The molecular weight excluding hydrogens is 407 g/mol. The van der Waals surface area contributed by atoms with Gasteiger partial charge in [0.05, 0.1) is 22.4 Å². The maximum atomic E-state index is 13.0. The van der Waals surface area contributed by atoms with Crippen molar-refractivity contribution in [1.29, 1.82) is 0 Å². The van der Waals surface area contributed by atoms with Crippen LogP contribution in [0.25, 0.3) is 11.0 Å². The van der Waals surface area contributed by atoms with E-state index in [0.29, 0.717) is 28.9 Å². The van der Waals surface area contributed by atoms with Gasteiger partial charge in [-0.15, -0.1) is 0 Å². The molecule has 0 fully saturated rings. The van der Waals surface area contributed by atoms with Crippen molar-refractivity contribution in [3.05, 3.63) is 52.8 Å². The van der Waals surface area contributed by atoms with E-state index in [2.05, 4.69) is 10.1 Å². The summed E-state index contributed by atoms with van der Waals surface area (Å²) in [5.74, 6) is -2.46. The van der Waals surface area contributed by atoms with Crippen LogP contribution in [-0.4, -0.2) is 37.8 Å². The van der Waals surface area contributed by atoms with Gasteiger partial charge < -0.3 is 10.4 Å². The van der Waals surface area contributed by atoms with Gasteiger partial charge in [0.15, 0.2) is 5.65 Å². The molecule has 0 aliphatic carbocycles. The highest BCUT2D eigenvalue weighted by molar-refractivity contribution is 6.09. The van der Waals surface area contributed by atoms with E-state index in [1.807, 2.05) is 10.6 Å². The number of carbonyl (C=O) groups is 3. The van der Waals surface area contributed by atoms with Crippen molar-refractivity contribution in [3.63, 3.8) is 0 Å². The Balaban J connectivity index is 1.80. The number of aromatic nitrogens is 3. The largest absolute Gasteiger partial charge is 0.478 e. The Bertz CT molecular complexity index is 1190. The molecule has 3 aromatic rings. The van der Waals surface area contributed by atoms with Crippen molar-refractivity contribution in [3.8, 4) is 0 Å². The number of anilines is 1. The summed E-state index contributed by atoms with van der Waals surface area (Å²) in [6.45, 7) is 1.71. The number of nitrogens with one attached hydrogen (secondary N) is 2.